The van der Waals surface area contributed by atoms with E-state index in [2.05, 4.69) is 0 Å². The molecule has 0 bridgehead atoms. The molecule has 1 aromatic heterocycles. The second kappa shape index (κ2) is 7.45. The smallest absolute Gasteiger partial charge is 0.420 e. The lowest BCUT2D eigenvalue weighted by Gasteiger charge is -2.28. The Bertz CT molecular complexity index is 789. The molecule has 1 aromatic carbocycles. The van der Waals surface area contributed by atoms with Gasteiger partial charge < -0.3 is 9.47 Å². The standard InChI is InChI=1S/C19H24ClNO4S/c1-18(2,3)24-16(22)21(17(23)25-19(4,5)6)11-14-10-12-9-13(20)7-8-15(12)26-14/h7-10H,11H2,1-6H3. The molecular formula is C19H24ClNO4S. The number of hydrogen-bond donors (Lipinski definition) is 0. The number of amides is 2. The predicted octanol–water partition coefficient (Wildman–Crippen LogP) is 6.23. The highest BCUT2D eigenvalue weighted by atomic mass is 35.5. The van der Waals surface area contributed by atoms with Crippen molar-refractivity contribution in [3.8, 4) is 0 Å². The summed E-state index contributed by atoms with van der Waals surface area (Å²) in [5.74, 6) is 0. The van der Waals surface area contributed by atoms with Crippen LogP contribution in [0.2, 0.25) is 5.02 Å². The van der Waals surface area contributed by atoms with Crippen molar-refractivity contribution >= 4 is 45.2 Å². The first-order valence-corrected chi connectivity index (χ1v) is 9.45. The second-order valence-electron chi connectivity index (χ2n) is 7.94. The molecule has 2 rings (SSSR count). The molecule has 5 nitrogen and oxygen atoms in total. The number of nitrogens with zero attached hydrogens (tertiary/aromatic N) is 1. The van der Waals surface area contributed by atoms with Crippen LogP contribution >= 0.6 is 22.9 Å². The third-order valence-electron chi connectivity index (χ3n) is 3.07. The first kappa shape index (κ1) is 20.5. The van der Waals surface area contributed by atoms with Crippen molar-refractivity contribution < 1.29 is 19.1 Å². The van der Waals surface area contributed by atoms with Crippen LogP contribution in [0.5, 0.6) is 0 Å². The van der Waals surface area contributed by atoms with E-state index in [1.54, 1.807) is 41.5 Å². The van der Waals surface area contributed by atoms with E-state index in [4.69, 9.17) is 21.1 Å². The number of benzene rings is 1. The fourth-order valence-corrected chi connectivity index (χ4v) is 3.35. The molecule has 0 radical (unpaired) electrons. The van der Waals surface area contributed by atoms with E-state index in [0.717, 1.165) is 19.9 Å². The monoisotopic (exact) mass is 397 g/mol. The summed E-state index contributed by atoms with van der Waals surface area (Å²) in [6, 6.07) is 7.48. The predicted molar refractivity (Wildman–Crippen MR) is 105 cm³/mol. The van der Waals surface area contributed by atoms with Crippen molar-refractivity contribution in [3.05, 3.63) is 34.2 Å². The summed E-state index contributed by atoms with van der Waals surface area (Å²) in [4.78, 5) is 26.9. The Morgan fingerprint density at radius 3 is 2.04 bits per heavy atom. The minimum Gasteiger partial charge on any atom is -0.443 e. The van der Waals surface area contributed by atoms with Gasteiger partial charge >= 0.3 is 12.2 Å². The average Bonchev–Trinajstić information content (AvgIpc) is 2.82. The maximum absolute atomic E-state index is 12.5. The highest BCUT2D eigenvalue weighted by molar-refractivity contribution is 7.19. The van der Waals surface area contributed by atoms with E-state index in [1.807, 2.05) is 24.3 Å². The van der Waals surface area contributed by atoms with Gasteiger partial charge in [-0.05, 0) is 71.2 Å². The first-order valence-electron chi connectivity index (χ1n) is 8.25. The lowest BCUT2D eigenvalue weighted by Crippen LogP contribution is -2.43. The molecule has 0 unspecified atom stereocenters. The number of fused-ring (bicyclic) bond motifs is 1. The van der Waals surface area contributed by atoms with Gasteiger partial charge in [-0.1, -0.05) is 11.6 Å². The highest BCUT2D eigenvalue weighted by Crippen LogP contribution is 2.29. The molecule has 2 aromatic rings. The van der Waals surface area contributed by atoms with Crippen LogP contribution in [0, 0.1) is 0 Å². The third kappa shape index (κ3) is 5.88. The van der Waals surface area contributed by atoms with Crippen LogP contribution in [0.1, 0.15) is 46.4 Å². The van der Waals surface area contributed by atoms with Crippen LogP contribution in [0.15, 0.2) is 24.3 Å². The molecule has 142 valence electrons. The van der Waals surface area contributed by atoms with Crippen LogP contribution in [-0.2, 0) is 16.0 Å². The van der Waals surface area contributed by atoms with E-state index < -0.39 is 23.4 Å². The van der Waals surface area contributed by atoms with Crippen molar-refractivity contribution in [3.63, 3.8) is 0 Å². The van der Waals surface area contributed by atoms with E-state index in [0.29, 0.717) is 5.02 Å². The molecule has 0 atom stereocenters. The Hall–Kier alpha value is -1.79. The van der Waals surface area contributed by atoms with E-state index in [9.17, 15) is 9.59 Å². The Morgan fingerprint density at radius 2 is 1.54 bits per heavy atom. The first-order chi connectivity index (χ1) is 11.8. The van der Waals surface area contributed by atoms with Crippen LogP contribution in [0.25, 0.3) is 10.1 Å². The molecule has 0 aliphatic heterocycles. The van der Waals surface area contributed by atoms with Gasteiger partial charge in [0.25, 0.3) is 0 Å². The topological polar surface area (TPSA) is 55.8 Å². The molecular weight excluding hydrogens is 374 g/mol. The van der Waals surface area contributed by atoms with E-state index in [1.165, 1.54) is 11.3 Å². The number of carbonyl (C=O) groups is 2. The molecule has 0 aliphatic rings. The SMILES string of the molecule is CC(C)(C)OC(=O)N(Cc1cc2cc(Cl)ccc2s1)C(=O)OC(C)(C)C. The summed E-state index contributed by atoms with van der Waals surface area (Å²) in [5, 5.41) is 1.60. The Kier molecular flexibility index (Phi) is 5.88. The molecule has 0 spiro atoms. The largest absolute Gasteiger partial charge is 0.443 e. The number of ether oxygens (including phenoxy) is 2. The van der Waals surface area contributed by atoms with Gasteiger partial charge in [0.2, 0.25) is 0 Å². The minimum atomic E-state index is -0.734. The lowest BCUT2D eigenvalue weighted by atomic mass is 10.2. The number of thiophene rings is 1. The van der Waals surface area contributed by atoms with Gasteiger partial charge in [0.05, 0.1) is 6.54 Å². The van der Waals surface area contributed by atoms with Gasteiger partial charge in [0.1, 0.15) is 11.2 Å². The molecule has 26 heavy (non-hydrogen) atoms. The molecule has 2 amide bonds. The van der Waals surface area contributed by atoms with Gasteiger partial charge in [0.15, 0.2) is 0 Å². The van der Waals surface area contributed by atoms with Crippen LogP contribution in [0.3, 0.4) is 0 Å². The normalized spacial score (nSPS) is 12.1. The maximum Gasteiger partial charge on any atom is 0.420 e. The summed E-state index contributed by atoms with van der Waals surface area (Å²) in [6.45, 7) is 10.6. The van der Waals surface area contributed by atoms with Crippen molar-refractivity contribution in [1.82, 2.24) is 4.90 Å². The van der Waals surface area contributed by atoms with Crippen molar-refractivity contribution in [2.75, 3.05) is 0 Å². The van der Waals surface area contributed by atoms with E-state index in [-0.39, 0.29) is 6.54 Å². The molecule has 0 N–H and O–H groups in total. The zero-order chi connectivity index (χ0) is 19.7. The van der Waals surface area contributed by atoms with Gasteiger partial charge in [0, 0.05) is 14.6 Å². The summed E-state index contributed by atoms with van der Waals surface area (Å²) in [5.41, 5.74) is -1.43. The Balaban J connectivity index is 2.29. The summed E-state index contributed by atoms with van der Waals surface area (Å²) in [6.07, 6.45) is -1.47. The zero-order valence-corrected chi connectivity index (χ0v) is 17.5. The molecule has 0 fully saturated rings. The van der Waals surface area contributed by atoms with Gasteiger partial charge in [-0.3, -0.25) is 0 Å². The zero-order valence-electron chi connectivity index (χ0n) is 15.9. The van der Waals surface area contributed by atoms with Gasteiger partial charge in [-0.15, -0.1) is 11.3 Å². The molecule has 1 heterocycles. The minimum absolute atomic E-state index is 0.0702. The fourth-order valence-electron chi connectivity index (χ4n) is 2.14. The molecule has 0 saturated heterocycles. The maximum atomic E-state index is 12.5. The quantitative estimate of drug-likeness (QED) is 0.602. The Morgan fingerprint density at radius 1 is 1.00 bits per heavy atom. The molecule has 7 heteroatoms. The number of halogens is 1. The summed E-state index contributed by atoms with van der Waals surface area (Å²) >= 11 is 7.52. The van der Waals surface area contributed by atoms with Crippen LogP contribution in [0.4, 0.5) is 9.59 Å². The number of hydrogen-bond acceptors (Lipinski definition) is 5. The summed E-state index contributed by atoms with van der Waals surface area (Å²) < 4.78 is 11.8. The number of carbonyl (C=O) groups excluding carboxylic acids is 2. The second-order valence-corrected chi connectivity index (χ2v) is 9.55. The fraction of sp³-hybridized carbons (Fsp3) is 0.474. The van der Waals surface area contributed by atoms with E-state index >= 15 is 0 Å². The van der Waals surface area contributed by atoms with Gasteiger partial charge in [-0.2, -0.15) is 0 Å². The van der Waals surface area contributed by atoms with Gasteiger partial charge in [-0.25, -0.2) is 14.5 Å². The van der Waals surface area contributed by atoms with Crippen molar-refractivity contribution in [2.24, 2.45) is 0 Å². The highest BCUT2D eigenvalue weighted by Gasteiger charge is 2.31. The summed E-state index contributed by atoms with van der Waals surface area (Å²) in [7, 11) is 0. The molecule has 0 aliphatic carbocycles. The van der Waals surface area contributed by atoms with Crippen LogP contribution in [-0.4, -0.2) is 28.3 Å². The van der Waals surface area contributed by atoms with Crippen molar-refractivity contribution in [1.29, 1.82) is 0 Å². The average molecular weight is 398 g/mol. The number of imide groups is 1. The molecule has 0 saturated carbocycles. The lowest BCUT2D eigenvalue weighted by molar-refractivity contribution is -0.0000482. The van der Waals surface area contributed by atoms with Crippen molar-refractivity contribution in [2.45, 2.75) is 59.3 Å². The van der Waals surface area contributed by atoms with Crippen LogP contribution < -0.4 is 0 Å². The third-order valence-corrected chi connectivity index (χ3v) is 4.41. The Labute approximate surface area is 162 Å². The number of rotatable bonds is 2.